The van der Waals surface area contributed by atoms with E-state index in [4.69, 9.17) is 23.7 Å². The number of hydrogen-bond acceptors (Lipinski definition) is 8. The number of nitrogens with zero attached hydrogens (tertiary/aromatic N) is 1. The average molecular weight is 387 g/mol. The summed E-state index contributed by atoms with van der Waals surface area (Å²) in [5.74, 6) is 0.193. The number of rotatable bonds is 6. The molecule has 146 valence electrons. The van der Waals surface area contributed by atoms with Crippen LogP contribution >= 0.6 is 0 Å². The Morgan fingerprint density at radius 2 is 1.50 bits per heavy atom. The van der Waals surface area contributed by atoms with Crippen molar-refractivity contribution < 1.29 is 33.4 Å². The van der Waals surface area contributed by atoms with Crippen molar-refractivity contribution in [1.82, 2.24) is 0 Å². The molecule has 9 nitrogen and oxygen atoms in total. The third kappa shape index (κ3) is 3.15. The Bertz CT molecular complexity index is 871. The van der Waals surface area contributed by atoms with Crippen LogP contribution in [0.3, 0.4) is 0 Å². The molecule has 0 saturated carbocycles. The van der Waals surface area contributed by atoms with Crippen LogP contribution in [0.1, 0.15) is 24.0 Å². The predicted molar refractivity (Wildman–Crippen MR) is 94.4 cm³/mol. The minimum absolute atomic E-state index is 0.0399. The Balaban J connectivity index is 1.82. The molecule has 4 rings (SSSR count). The second kappa shape index (κ2) is 7.26. The molecule has 0 spiro atoms. The largest absolute Gasteiger partial charge is 0.461 e. The fourth-order valence-corrected chi connectivity index (χ4v) is 3.34. The van der Waals surface area contributed by atoms with Crippen LogP contribution in [-0.4, -0.2) is 37.1 Å². The van der Waals surface area contributed by atoms with E-state index >= 15 is 0 Å². The summed E-state index contributed by atoms with van der Waals surface area (Å²) < 4.78 is 26.4. The van der Waals surface area contributed by atoms with E-state index in [9.17, 15) is 14.9 Å². The topological polar surface area (TPSA) is 106 Å². The molecule has 0 fully saturated rings. The van der Waals surface area contributed by atoms with E-state index in [1.165, 1.54) is 0 Å². The highest BCUT2D eigenvalue weighted by Crippen LogP contribution is 2.41. The second-order valence-electron chi connectivity index (χ2n) is 6.19. The zero-order valence-corrected chi connectivity index (χ0v) is 15.0. The van der Waals surface area contributed by atoms with Crippen LogP contribution in [0.4, 0.5) is 0 Å². The van der Waals surface area contributed by atoms with Crippen molar-refractivity contribution in [2.45, 2.75) is 18.9 Å². The maximum atomic E-state index is 12.5. The summed E-state index contributed by atoms with van der Waals surface area (Å²) in [6.45, 7) is 1.79. The summed E-state index contributed by atoms with van der Waals surface area (Å²) in [7, 11) is 0. The summed E-state index contributed by atoms with van der Waals surface area (Å²) in [4.78, 5) is 23.7. The van der Waals surface area contributed by atoms with E-state index in [2.05, 4.69) is 0 Å². The van der Waals surface area contributed by atoms with Crippen molar-refractivity contribution in [3.63, 3.8) is 0 Å². The van der Waals surface area contributed by atoms with Crippen LogP contribution < -0.4 is 18.9 Å². The Kier molecular flexibility index (Phi) is 4.64. The molecule has 1 unspecified atom stereocenters. The highest BCUT2D eigenvalue weighted by atomic mass is 16.7. The molecule has 2 aromatic carbocycles. The van der Waals surface area contributed by atoms with E-state index < -0.39 is 22.9 Å². The molecular weight excluding hydrogens is 370 g/mol. The molecule has 0 radical (unpaired) electrons. The van der Waals surface area contributed by atoms with Crippen molar-refractivity contribution in [1.29, 1.82) is 0 Å². The van der Waals surface area contributed by atoms with Gasteiger partial charge in [0, 0.05) is 4.92 Å². The summed E-state index contributed by atoms with van der Waals surface area (Å²) in [6, 6.07) is 8.35. The van der Waals surface area contributed by atoms with Gasteiger partial charge in [0.25, 0.3) is 0 Å². The molecule has 0 aromatic heterocycles. The van der Waals surface area contributed by atoms with Gasteiger partial charge >= 0.3 is 12.0 Å². The van der Waals surface area contributed by atoms with Gasteiger partial charge in [-0.15, -0.1) is 0 Å². The Morgan fingerprint density at radius 3 is 1.96 bits per heavy atom. The Hall–Kier alpha value is -3.49. The van der Waals surface area contributed by atoms with E-state index in [1.807, 2.05) is 0 Å². The van der Waals surface area contributed by atoms with Crippen LogP contribution in [0.15, 0.2) is 36.4 Å². The normalized spacial score (nSPS) is 14.8. The molecular formula is C19H17NO8. The molecule has 0 amide bonds. The number of benzene rings is 2. The monoisotopic (exact) mass is 387 g/mol. The van der Waals surface area contributed by atoms with Crippen molar-refractivity contribution in [2.24, 2.45) is 0 Å². The SMILES string of the molecule is CCOC(=O)C(C(c1ccc2c(c1)OCO2)c1ccc2c(c1)OCO2)[N+](=O)[O-]. The molecule has 2 aliphatic rings. The molecule has 0 aliphatic carbocycles. The van der Waals surface area contributed by atoms with Gasteiger partial charge in [-0.2, -0.15) is 0 Å². The zero-order valence-electron chi connectivity index (χ0n) is 15.0. The van der Waals surface area contributed by atoms with Crippen LogP contribution in [0.2, 0.25) is 0 Å². The number of carbonyl (C=O) groups excluding carboxylic acids is 1. The first-order chi connectivity index (χ1) is 13.6. The van der Waals surface area contributed by atoms with E-state index in [0.29, 0.717) is 34.1 Å². The summed E-state index contributed by atoms with van der Waals surface area (Å²) in [6.07, 6.45) is 0. The fourth-order valence-electron chi connectivity index (χ4n) is 3.34. The molecule has 2 aliphatic heterocycles. The predicted octanol–water partition coefficient (Wildman–Crippen LogP) is 2.48. The molecule has 1 atom stereocenters. The van der Waals surface area contributed by atoms with Gasteiger partial charge in [-0.25, -0.2) is 4.79 Å². The van der Waals surface area contributed by atoms with Gasteiger partial charge in [0.1, 0.15) is 0 Å². The number of esters is 1. The summed E-state index contributed by atoms with van der Waals surface area (Å²) in [5.41, 5.74) is 1.05. The molecule has 0 saturated heterocycles. The highest BCUT2D eigenvalue weighted by Gasteiger charge is 2.43. The van der Waals surface area contributed by atoms with Crippen LogP contribution in [0, 0.1) is 10.1 Å². The van der Waals surface area contributed by atoms with E-state index in [0.717, 1.165) is 0 Å². The first-order valence-electron chi connectivity index (χ1n) is 8.67. The van der Waals surface area contributed by atoms with Gasteiger partial charge in [-0.3, -0.25) is 10.1 Å². The third-order valence-electron chi connectivity index (χ3n) is 4.58. The van der Waals surface area contributed by atoms with Crippen molar-refractivity contribution in [3.05, 3.63) is 57.6 Å². The molecule has 0 N–H and O–H groups in total. The minimum atomic E-state index is -1.64. The molecule has 28 heavy (non-hydrogen) atoms. The highest BCUT2D eigenvalue weighted by molar-refractivity contribution is 5.77. The average Bonchev–Trinajstić information content (AvgIpc) is 3.33. The number of carbonyl (C=O) groups is 1. The quantitative estimate of drug-likeness (QED) is 0.423. The lowest BCUT2D eigenvalue weighted by Crippen LogP contribution is -2.37. The third-order valence-corrected chi connectivity index (χ3v) is 4.58. The van der Waals surface area contributed by atoms with Gasteiger partial charge in [0.05, 0.1) is 12.5 Å². The number of hydrogen-bond donors (Lipinski definition) is 0. The molecule has 2 heterocycles. The first kappa shape index (κ1) is 17.9. The van der Waals surface area contributed by atoms with Crippen LogP contribution in [-0.2, 0) is 9.53 Å². The van der Waals surface area contributed by atoms with Crippen molar-refractivity contribution in [3.8, 4) is 23.0 Å². The van der Waals surface area contributed by atoms with Gasteiger partial charge in [-0.05, 0) is 42.3 Å². The van der Waals surface area contributed by atoms with Crippen LogP contribution in [0.25, 0.3) is 0 Å². The molecule has 0 bridgehead atoms. The zero-order chi connectivity index (χ0) is 19.7. The summed E-state index contributed by atoms with van der Waals surface area (Å²) >= 11 is 0. The molecule has 2 aromatic rings. The summed E-state index contributed by atoms with van der Waals surface area (Å²) in [5, 5.41) is 11.9. The fraction of sp³-hybridized carbons (Fsp3) is 0.316. The molecule has 9 heteroatoms. The lowest BCUT2D eigenvalue weighted by molar-refractivity contribution is -0.513. The van der Waals surface area contributed by atoms with E-state index in [-0.39, 0.29) is 20.2 Å². The van der Waals surface area contributed by atoms with Crippen molar-refractivity contribution in [2.75, 3.05) is 20.2 Å². The Labute approximate surface area is 159 Å². The standard InChI is InChI=1S/C19H17NO8/c1-2-24-19(21)18(20(22)23)17(11-3-5-13-15(7-11)27-9-25-13)12-4-6-14-16(8-12)28-10-26-14/h3-8,17-18H,2,9-10H2,1H3. The van der Waals surface area contributed by atoms with Gasteiger partial charge in [0.2, 0.25) is 13.6 Å². The number of fused-ring (bicyclic) bond motifs is 2. The van der Waals surface area contributed by atoms with Gasteiger partial charge in [-0.1, -0.05) is 12.1 Å². The van der Waals surface area contributed by atoms with Crippen LogP contribution in [0.5, 0.6) is 23.0 Å². The Morgan fingerprint density at radius 1 is 1.00 bits per heavy atom. The lowest BCUT2D eigenvalue weighted by atomic mass is 9.84. The maximum Gasteiger partial charge on any atom is 0.382 e. The second-order valence-corrected chi connectivity index (χ2v) is 6.19. The van der Waals surface area contributed by atoms with E-state index in [1.54, 1.807) is 43.3 Å². The van der Waals surface area contributed by atoms with Crippen molar-refractivity contribution >= 4 is 5.97 Å². The minimum Gasteiger partial charge on any atom is -0.461 e. The lowest BCUT2D eigenvalue weighted by Gasteiger charge is -2.21. The van der Waals surface area contributed by atoms with Gasteiger partial charge in [0.15, 0.2) is 23.0 Å². The number of ether oxygens (including phenoxy) is 5. The smallest absolute Gasteiger partial charge is 0.382 e. The maximum absolute atomic E-state index is 12.5. The first-order valence-corrected chi connectivity index (χ1v) is 8.67. The van der Waals surface area contributed by atoms with Gasteiger partial charge < -0.3 is 23.7 Å². The number of nitro groups is 1.